The smallest absolute Gasteiger partial charge is 0.256 e. The van der Waals surface area contributed by atoms with E-state index in [0.29, 0.717) is 29.1 Å². The predicted octanol–water partition coefficient (Wildman–Crippen LogP) is 4.92. The number of aromatic nitrogens is 4. The maximum Gasteiger partial charge on any atom is 0.256 e. The number of piperidine rings is 2. The lowest BCUT2D eigenvalue weighted by atomic mass is 10.0. The topological polar surface area (TPSA) is 96.4 Å². The van der Waals surface area contributed by atoms with Crippen LogP contribution in [0.15, 0.2) is 42.0 Å². The number of hydrogen-bond donors (Lipinski definition) is 1. The van der Waals surface area contributed by atoms with Crippen molar-refractivity contribution in [3.05, 3.63) is 58.3 Å². The van der Waals surface area contributed by atoms with E-state index in [1.54, 1.807) is 30.8 Å². The summed E-state index contributed by atoms with van der Waals surface area (Å²) in [5, 5.41) is 7.13. The molecule has 2 unspecified atom stereocenters. The first kappa shape index (κ1) is 23.3. The van der Waals surface area contributed by atoms with Crippen molar-refractivity contribution in [1.82, 2.24) is 24.8 Å². The molecule has 11 heteroatoms. The van der Waals surface area contributed by atoms with Crippen molar-refractivity contribution in [2.75, 3.05) is 30.4 Å². The van der Waals surface area contributed by atoms with Gasteiger partial charge in [-0.15, -0.1) is 22.7 Å². The van der Waals surface area contributed by atoms with Gasteiger partial charge in [0.2, 0.25) is 5.88 Å². The highest BCUT2D eigenvalue weighted by atomic mass is 32.1. The van der Waals surface area contributed by atoms with Gasteiger partial charge in [-0.3, -0.25) is 4.79 Å². The van der Waals surface area contributed by atoms with E-state index in [9.17, 15) is 4.79 Å². The molecule has 2 spiro atoms. The number of hydrogen-bond acceptors (Lipinski definition) is 10. The van der Waals surface area contributed by atoms with Gasteiger partial charge in [-0.05, 0) is 62.8 Å². The van der Waals surface area contributed by atoms with Crippen molar-refractivity contribution in [1.29, 1.82) is 0 Å². The van der Waals surface area contributed by atoms with Gasteiger partial charge in [-0.2, -0.15) is 0 Å². The van der Waals surface area contributed by atoms with Gasteiger partial charge in [0.15, 0.2) is 5.13 Å². The number of rotatable bonds is 6. The van der Waals surface area contributed by atoms with Crippen LogP contribution in [0.2, 0.25) is 0 Å². The molecule has 4 aromatic heterocycles. The van der Waals surface area contributed by atoms with Crippen LogP contribution >= 0.6 is 22.7 Å². The van der Waals surface area contributed by atoms with Crippen LogP contribution in [0.3, 0.4) is 0 Å². The molecule has 39 heavy (non-hydrogen) atoms. The van der Waals surface area contributed by atoms with Crippen LogP contribution in [0.25, 0.3) is 10.6 Å². The fourth-order valence-electron chi connectivity index (χ4n) is 7.25. The second kappa shape index (κ2) is 7.98. The maximum absolute atomic E-state index is 13.9. The molecule has 4 atom stereocenters. The van der Waals surface area contributed by atoms with Crippen molar-refractivity contribution in [2.24, 2.45) is 11.8 Å². The Bertz CT molecular complexity index is 1610. The molecule has 198 valence electrons. The Kier molecular flexibility index (Phi) is 4.77. The molecule has 6 heterocycles. The molecule has 2 saturated carbocycles. The fourth-order valence-corrected chi connectivity index (χ4v) is 8.91. The highest BCUT2D eigenvalue weighted by molar-refractivity contribution is 7.16. The van der Waals surface area contributed by atoms with Crippen LogP contribution in [0.4, 0.5) is 16.6 Å². The van der Waals surface area contributed by atoms with Gasteiger partial charge in [-0.25, -0.2) is 19.9 Å². The third-order valence-corrected chi connectivity index (χ3v) is 10.7. The minimum atomic E-state index is -0.0968. The molecule has 1 N–H and O–H groups in total. The second-order valence-electron chi connectivity index (χ2n) is 11.1. The number of nitrogens with zero attached hydrogens (tertiary/aromatic N) is 6. The summed E-state index contributed by atoms with van der Waals surface area (Å²) in [6.45, 7) is 5.66. The Morgan fingerprint density at radius 1 is 1.10 bits per heavy atom. The maximum atomic E-state index is 13.9. The zero-order chi connectivity index (χ0) is 26.5. The van der Waals surface area contributed by atoms with E-state index in [1.165, 1.54) is 11.3 Å². The number of carbonyl (C=O) groups excluding carboxylic acids is 1. The van der Waals surface area contributed by atoms with Gasteiger partial charge >= 0.3 is 0 Å². The number of methoxy groups -OCH3 is 1. The first-order valence-corrected chi connectivity index (χ1v) is 14.8. The Morgan fingerprint density at radius 3 is 2.56 bits per heavy atom. The van der Waals surface area contributed by atoms with Gasteiger partial charge in [0, 0.05) is 30.9 Å². The average Bonchev–Trinajstić information content (AvgIpc) is 3.67. The van der Waals surface area contributed by atoms with E-state index < -0.39 is 0 Å². The lowest BCUT2D eigenvalue weighted by molar-refractivity contribution is 0.0480. The van der Waals surface area contributed by atoms with Crippen LogP contribution in [-0.4, -0.2) is 62.0 Å². The monoisotopic (exact) mass is 557 g/mol. The summed E-state index contributed by atoms with van der Waals surface area (Å²) in [6, 6.07) is 7.79. The molecular weight excluding hydrogens is 530 g/mol. The van der Waals surface area contributed by atoms with Gasteiger partial charge in [0.25, 0.3) is 5.91 Å². The van der Waals surface area contributed by atoms with Gasteiger partial charge in [0.05, 0.1) is 45.0 Å². The minimum absolute atomic E-state index is 0.0968. The Labute approximate surface area is 233 Å². The summed E-state index contributed by atoms with van der Waals surface area (Å²) in [6.07, 6.45) is 5.61. The van der Waals surface area contributed by atoms with Crippen molar-refractivity contribution < 1.29 is 9.53 Å². The first-order chi connectivity index (χ1) is 18.9. The van der Waals surface area contributed by atoms with Crippen LogP contribution < -0.4 is 15.0 Å². The lowest BCUT2D eigenvalue weighted by Gasteiger charge is -2.47. The molecule has 4 fully saturated rings. The zero-order valence-corrected chi connectivity index (χ0v) is 23.5. The number of anilines is 3. The predicted molar refractivity (Wildman–Crippen MR) is 151 cm³/mol. The number of thiazole rings is 2. The number of amides is 1. The third kappa shape index (κ3) is 3.32. The molecule has 4 aliphatic rings. The van der Waals surface area contributed by atoms with E-state index in [0.717, 1.165) is 58.0 Å². The van der Waals surface area contributed by atoms with Crippen molar-refractivity contribution in [3.63, 3.8) is 0 Å². The zero-order valence-electron chi connectivity index (χ0n) is 21.8. The normalized spacial score (nSPS) is 27.7. The van der Waals surface area contributed by atoms with E-state index in [1.807, 2.05) is 37.4 Å². The van der Waals surface area contributed by atoms with Gasteiger partial charge in [-0.1, -0.05) is 0 Å². The van der Waals surface area contributed by atoms with Crippen molar-refractivity contribution in [2.45, 2.75) is 37.8 Å². The van der Waals surface area contributed by atoms with Crippen LogP contribution in [0.5, 0.6) is 5.88 Å². The highest BCUT2D eigenvalue weighted by Crippen LogP contribution is 2.77. The Hall–Kier alpha value is -3.57. The third-order valence-electron chi connectivity index (χ3n) is 8.89. The molecule has 2 bridgehead atoms. The van der Waals surface area contributed by atoms with Crippen molar-refractivity contribution in [3.8, 4) is 16.5 Å². The molecule has 0 radical (unpaired) electrons. The highest BCUT2D eigenvalue weighted by Gasteiger charge is 2.86. The summed E-state index contributed by atoms with van der Waals surface area (Å²) in [7, 11) is 1.67. The molecule has 9 nitrogen and oxygen atoms in total. The summed E-state index contributed by atoms with van der Waals surface area (Å²) >= 11 is 3.19. The van der Waals surface area contributed by atoms with Gasteiger partial charge in [0.1, 0.15) is 11.5 Å². The van der Waals surface area contributed by atoms with Crippen LogP contribution in [0.1, 0.15) is 33.9 Å². The van der Waals surface area contributed by atoms with E-state index in [2.05, 4.69) is 36.1 Å². The number of ether oxygens (including phenoxy) is 1. The van der Waals surface area contributed by atoms with Crippen LogP contribution in [-0.2, 0) is 0 Å². The molecular formula is C28H27N7O2S2. The lowest BCUT2D eigenvalue weighted by Crippen LogP contribution is -2.62. The Morgan fingerprint density at radius 2 is 1.90 bits per heavy atom. The number of piperazine rings is 1. The fraction of sp³-hybridized carbons (Fsp3) is 0.393. The SMILES string of the molecule is COc1ncccc1N1CC23CC2[C@H]2C[C@@]2(C1)N3C(=O)c1ccc(Nc2nc(-c3sc(C)nc3C)cs2)nc1. The van der Waals surface area contributed by atoms with E-state index >= 15 is 0 Å². The summed E-state index contributed by atoms with van der Waals surface area (Å²) in [4.78, 5) is 37.9. The molecule has 2 aliphatic carbocycles. The molecule has 1 amide bonds. The molecule has 2 saturated heterocycles. The number of pyridine rings is 2. The molecule has 0 aromatic carbocycles. The van der Waals surface area contributed by atoms with E-state index in [4.69, 9.17) is 9.72 Å². The molecule has 4 aromatic rings. The van der Waals surface area contributed by atoms with Crippen LogP contribution in [0, 0.1) is 25.7 Å². The largest absolute Gasteiger partial charge is 0.480 e. The number of fused-ring (bicyclic) bond motifs is 1. The summed E-state index contributed by atoms with van der Waals surface area (Å²) < 4.78 is 5.56. The molecule has 2 aliphatic heterocycles. The number of aryl methyl sites for hydroxylation is 2. The Balaban J connectivity index is 1.01. The quantitative estimate of drug-likeness (QED) is 0.357. The average molecular weight is 558 g/mol. The first-order valence-electron chi connectivity index (χ1n) is 13.1. The van der Waals surface area contributed by atoms with Gasteiger partial charge < -0.3 is 19.9 Å². The standard InChI is InChI=1S/C28H27N7O2S2/c1-15-23(39-16(2)31-15)20-12-38-26(32-20)33-22-7-6-17(11-30-22)25(36)35-27-9-18(27)19-10-28(19,35)14-34(13-27)21-5-4-8-29-24(21)37-3/h4-8,11-12,18-19H,9-10,13-14H2,1-3H3,(H,30,32,33)/t18-,19?,27+,28?/m1/s1. The minimum Gasteiger partial charge on any atom is -0.480 e. The second-order valence-corrected chi connectivity index (χ2v) is 13.2. The number of carbonyl (C=O) groups is 1. The molecule has 8 rings (SSSR count). The number of nitrogens with one attached hydrogen (secondary N) is 1. The van der Waals surface area contributed by atoms with E-state index in [-0.39, 0.29) is 17.0 Å². The summed E-state index contributed by atoms with van der Waals surface area (Å²) in [5.74, 6) is 2.60. The van der Waals surface area contributed by atoms with Crippen molar-refractivity contribution >= 4 is 45.2 Å². The summed E-state index contributed by atoms with van der Waals surface area (Å²) in [5.41, 5.74) is 3.39.